The van der Waals surface area contributed by atoms with Crippen LogP contribution in [0.15, 0.2) is 88.5 Å². The Hall–Kier alpha value is -4.24. The quantitative estimate of drug-likeness (QED) is 0.491. The maximum absolute atomic E-state index is 13.9. The topological polar surface area (TPSA) is 87.3 Å². The highest BCUT2D eigenvalue weighted by molar-refractivity contribution is 8.27. The summed E-state index contributed by atoms with van der Waals surface area (Å²) in [5, 5.41) is 15.4. The zero-order valence-electron chi connectivity index (χ0n) is 18.6. The third kappa shape index (κ3) is 4.58. The average molecular weight is 487 g/mol. The van der Waals surface area contributed by atoms with Gasteiger partial charge in [0.15, 0.2) is 17.3 Å². The van der Waals surface area contributed by atoms with Gasteiger partial charge in [0.2, 0.25) is 5.17 Å². The van der Waals surface area contributed by atoms with E-state index in [1.165, 1.54) is 29.9 Å². The molecule has 1 amide bonds. The van der Waals surface area contributed by atoms with Gasteiger partial charge in [0.25, 0.3) is 5.91 Å². The molecule has 35 heavy (non-hydrogen) atoms. The minimum Gasteiger partial charge on any atom is -0.493 e. The molecule has 0 aromatic heterocycles. The van der Waals surface area contributed by atoms with Crippen molar-refractivity contribution in [1.29, 1.82) is 5.41 Å². The minimum atomic E-state index is -0.517. The fourth-order valence-electron chi connectivity index (χ4n) is 3.52. The van der Waals surface area contributed by atoms with Gasteiger partial charge in [-0.2, -0.15) is 15.1 Å². The third-order valence-electron chi connectivity index (χ3n) is 5.31. The molecule has 5 rings (SSSR count). The second-order valence-corrected chi connectivity index (χ2v) is 8.54. The molecule has 2 aliphatic rings. The number of carbonyl (C=O) groups is 1. The molecule has 3 aromatic rings. The average Bonchev–Trinajstić information content (AvgIpc) is 3.31. The number of amidine groups is 2. The number of nitrogens with zero attached hydrogens (tertiary/aromatic N) is 3. The van der Waals surface area contributed by atoms with Gasteiger partial charge in [-0.3, -0.25) is 10.2 Å². The summed E-state index contributed by atoms with van der Waals surface area (Å²) >= 11 is 1.25. The minimum absolute atomic E-state index is 0.0401. The smallest absolute Gasteiger partial charge is 0.283 e. The number of halogens is 1. The van der Waals surface area contributed by atoms with E-state index in [9.17, 15) is 9.18 Å². The van der Waals surface area contributed by atoms with Crippen molar-refractivity contribution in [2.75, 3.05) is 7.11 Å². The zero-order chi connectivity index (χ0) is 24.4. The number of benzene rings is 3. The van der Waals surface area contributed by atoms with Gasteiger partial charge in [0.05, 0.1) is 12.7 Å². The Morgan fingerprint density at radius 3 is 2.60 bits per heavy atom. The van der Waals surface area contributed by atoms with Crippen molar-refractivity contribution in [3.05, 3.63) is 101 Å². The zero-order valence-corrected chi connectivity index (χ0v) is 19.4. The van der Waals surface area contributed by atoms with Crippen molar-refractivity contribution < 1.29 is 18.7 Å². The van der Waals surface area contributed by atoms with E-state index >= 15 is 0 Å². The second kappa shape index (κ2) is 9.55. The number of carbonyl (C=O) groups excluding carboxylic acids is 1. The molecule has 0 aliphatic carbocycles. The highest BCUT2D eigenvalue weighted by Gasteiger charge is 2.36. The predicted octanol–water partition coefficient (Wildman–Crippen LogP) is 5.08. The lowest BCUT2D eigenvalue weighted by molar-refractivity contribution is -0.114. The summed E-state index contributed by atoms with van der Waals surface area (Å²) in [6, 6.07) is 21.0. The molecular formula is C26H19FN4O3S. The van der Waals surface area contributed by atoms with Gasteiger partial charge in [0, 0.05) is 11.1 Å². The molecule has 0 unspecified atom stereocenters. The lowest BCUT2D eigenvalue weighted by atomic mass is 10.1. The van der Waals surface area contributed by atoms with Crippen LogP contribution < -0.4 is 9.47 Å². The number of aliphatic imine (C=N–C) groups is 1. The molecule has 3 aromatic carbocycles. The maximum atomic E-state index is 13.9. The molecule has 0 atom stereocenters. The lowest BCUT2D eigenvalue weighted by Gasteiger charge is -2.20. The molecule has 0 spiro atoms. The highest BCUT2D eigenvalue weighted by Crippen LogP contribution is 2.33. The molecule has 174 valence electrons. The van der Waals surface area contributed by atoms with Gasteiger partial charge in [-0.05, 0) is 41.6 Å². The van der Waals surface area contributed by atoms with E-state index < -0.39 is 5.91 Å². The van der Waals surface area contributed by atoms with Crippen LogP contribution in [0.4, 0.5) is 4.39 Å². The Labute approximate surface area is 205 Å². The lowest BCUT2D eigenvalue weighted by Crippen LogP contribution is -2.35. The summed E-state index contributed by atoms with van der Waals surface area (Å²) in [7, 11) is 1.49. The van der Waals surface area contributed by atoms with Gasteiger partial charge in [-0.1, -0.05) is 54.6 Å². The van der Waals surface area contributed by atoms with Crippen LogP contribution in [0, 0.1) is 11.2 Å². The van der Waals surface area contributed by atoms with Crippen LogP contribution in [0.25, 0.3) is 6.08 Å². The van der Waals surface area contributed by atoms with E-state index in [0.717, 1.165) is 5.56 Å². The van der Waals surface area contributed by atoms with E-state index in [4.69, 9.17) is 14.9 Å². The Kier molecular flexibility index (Phi) is 6.15. The summed E-state index contributed by atoms with van der Waals surface area (Å²) < 4.78 is 25.1. The fraction of sp³-hybridized carbons (Fsp3) is 0.0769. The van der Waals surface area contributed by atoms with Gasteiger partial charge in [0.1, 0.15) is 17.5 Å². The van der Waals surface area contributed by atoms with Crippen LogP contribution in [0.3, 0.4) is 0 Å². The summed E-state index contributed by atoms with van der Waals surface area (Å²) in [5.74, 6) is -0.0818. The number of hydrogen-bond acceptors (Lipinski definition) is 6. The van der Waals surface area contributed by atoms with E-state index in [0.29, 0.717) is 32.8 Å². The van der Waals surface area contributed by atoms with Crippen LogP contribution in [-0.4, -0.2) is 34.1 Å². The molecule has 0 saturated heterocycles. The number of ether oxygens (including phenoxy) is 2. The Balaban J connectivity index is 1.38. The van der Waals surface area contributed by atoms with Gasteiger partial charge >= 0.3 is 0 Å². The van der Waals surface area contributed by atoms with Crippen molar-refractivity contribution >= 4 is 39.8 Å². The Morgan fingerprint density at radius 1 is 1.06 bits per heavy atom. The van der Waals surface area contributed by atoms with E-state index in [1.54, 1.807) is 42.5 Å². The number of hydrazone groups is 1. The highest BCUT2D eigenvalue weighted by atomic mass is 32.2. The SMILES string of the molecule is COc1cc(C=C2C(=N)N3N=C(c4ccccc4)SC3=NC2=O)ccc1OCc1ccccc1F. The van der Waals surface area contributed by atoms with Crippen molar-refractivity contribution in [2.24, 2.45) is 10.1 Å². The normalized spacial score (nSPS) is 16.2. The van der Waals surface area contributed by atoms with E-state index in [1.807, 2.05) is 30.3 Å². The maximum Gasteiger partial charge on any atom is 0.283 e. The first kappa shape index (κ1) is 22.5. The van der Waals surface area contributed by atoms with Crippen LogP contribution >= 0.6 is 11.8 Å². The molecule has 7 nitrogen and oxygen atoms in total. The number of methoxy groups -OCH3 is 1. The predicted molar refractivity (Wildman–Crippen MR) is 134 cm³/mol. The summed E-state index contributed by atoms with van der Waals surface area (Å²) in [4.78, 5) is 16.9. The largest absolute Gasteiger partial charge is 0.493 e. The van der Waals surface area contributed by atoms with Gasteiger partial charge in [-0.15, -0.1) is 0 Å². The number of thioether (sulfide) groups is 1. The molecule has 0 fully saturated rings. The fourth-order valence-corrected chi connectivity index (χ4v) is 4.42. The monoisotopic (exact) mass is 486 g/mol. The Morgan fingerprint density at radius 2 is 1.83 bits per heavy atom. The molecule has 0 saturated carbocycles. The second-order valence-electron chi connectivity index (χ2n) is 7.58. The van der Waals surface area contributed by atoms with Gasteiger partial charge in [-0.25, -0.2) is 4.39 Å². The molecule has 0 bridgehead atoms. The summed E-state index contributed by atoms with van der Waals surface area (Å²) in [5.41, 5.74) is 2.03. The number of rotatable bonds is 6. The van der Waals surface area contributed by atoms with Crippen molar-refractivity contribution in [3.8, 4) is 11.5 Å². The molecule has 2 aliphatic heterocycles. The summed E-state index contributed by atoms with van der Waals surface area (Å²) in [6.07, 6.45) is 1.56. The third-order valence-corrected chi connectivity index (χ3v) is 6.27. The van der Waals surface area contributed by atoms with Crippen LogP contribution in [0.2, 0.25) is 0 Å². The number of nitrogens with one attached hydrogen (secondary N) is 1. The summed E-state index contributed by atoms with van der Waals surface area (Å²) in [6.45, 7) is 0.0401. The molecule has 2 heterocycles. The van der Waals surface area contributed by atoms with Gasteiger partial charge < -0.3 is 9.47 Å². The Bertz CT molecular complexity index is 1420. The first-order chi connectivity index (χ1) is 17.0. The molecular weight excluding hydrogens is 467 g/mol. The van der Waals surface area contributed by atoms with E-state index in [-0.39, 0.29) is 23.8 Å². The van der Waals surface area contributed by atoms with Crippen LogP contribution in [0.1, 0.15) is 16.7 Å². The first-order valence-corrected chi connectivity index (χ1v) is 11.4. The number of amides is 1. The number of hydrogen-bond donors (Lipinski definition) is 1. The first-order valence-electron chi connectivity index (χ1n) is 10.6. The molecule has 1 N–H and O–H groups in total. The van der Waals surface area contributed by atoms with Crippen LogP contribution in [0.5, 0.6) is 11.5 Å². The molecule has 0 radical (unpaired) electrons. The van der Waals surface area contributed by atoms with Crippen molar-refractivity contribution in [1.82, 2.24) is 5.01 Å². The number of fused-ring (bicyclic) bond motifs is 1. The van der Waals surface area contributed by atoms with E-state index in [2.05, 4.69) is 10.1 Å². The van der Waals surface area contributed by atoms with Crippen molar-refractivity contribution in [2.45, 2.75) is 6.61 Å². The van der Waals surface area contributed by atoms with Crippen molar-refractivity contribution in [3.63, 3.8) is 0 Å². The molecule has 9 heteroatoms. The standard InChI is InChI=1S/C26H19FN4O3S/c1-33-22-14-16(11-12-21(22)34-15-18-9-5-6-10-20(18)27)13-19-23(28)31-26(29-24(19)32)35-25(30-31)17-7-3-2-4-8-17/h2-14,28H,15H2,1H3. The van der Waals surface area contributed by atoms with Crippen LogP contribution in [-0.2, 0) is 11.4 Å².